The molecule has 2 bridgehead atoms. The average molecular weight is 186 g/mol. The van der Waals surface area contributed by atoms with Crippen LogP contribution in [0.5, 0.6) is 0 Å². The quantitative estimate of drug-likeness (QED) is 0.530. The van der Waals surface area contributed by atoms with E-state index < -0.39 is 0 Å². The fourth-order valence-electron chi connectivity index (χ4n) is 4.53. The van der Waals surface area contributed by atoms with E-state index in [1.54, 1.807) is 0 Å². The summed E-state index contributed by atoms with van der Waals surface area (Å²) in [6.45, 7) is 0. The van der Waals surface area contributed by atoms with E-state index in [9.17, 15) is 4.79 Å². The van der Waals surface area contributed by atoms with Gasteiger partial charge in [-0.3, -0.25) is 4.79 Å². The Labute approximate surface area is 83.9 Å². The molecular formula is C13H14O. The third-order valence-corrected chi connectivity index (χ3v) is 4.94. The van der Waals surface area contributed by atoms with Gasteiger partial charge >= 0.3 is 0 Å². The lowest BCUT2D eigenvalue weighted by Crippen LogP contribution is -2.36. The molecule has 0 unspecified atom stereocenters. The van der Waals surface area contributed by atoms with Crippen LogP contribution in [0.25, 0.3) is 0 Å². The lowest BCUT2D eigenvalue weighted by Gasteiger charge is -2.41. The van der Waals surface area contributed by atoms with Crippen LogP contribution in [0.15, 0.2) is 24.3 Å². The predicted molar refractivity (Wildman–Crippen MR) is 53.5 cm³/mol. The van der Waals surface area contributed by atoms with Gasteiger partial charge in [-0.15, -0.1) is 0 Å². The zero-order valence-electron chi connectivity index (χ0n) is 8.10. The molecule has 0 saturated heterocycles. The van der Waals surface area contributed by atoms with Gasteiger partial charge in [0.2, 0.25) is 0 Å². The molecule has 4 rings (SSSR count). The molecule has 1 nitrogen and oxygen atoms in total. The number of Topliss-reactive ketones (excluding diaryl/α,β-unsaturated/α-hetero) is 1. The molecule has 0 spiro atoms. The van der Waals surface area contributed by atoms with Crippen molar-refractivity contribution >= 4 is 5.78 Å². The number of rotatable bonds is 0. The van der Waals surface area contributed by atoms with Crippen molar-refractivity contribution in [2.24, 2.45) is 35.5 Å². The number of fused-ring (bicyclic) bond motifs is 2. The first-order valence-electron chi connectivity index (χ1n) is 5.75. The summed E-state index contributed by atoms with van der Waals surface area (Å²) in [4.78, 5) is 12.1. The van der Waals surface area contributed by atoms with Crippen molar-refractivity contribution in [1.29, 1.82) is 0 Å². The first-order chi connectivity index (χ1) is 6.88. The van der Waals surface area contributed by atoms with Crippen molar-refractivity contribution in [2.45, 2.75) is 12.8 Å². The van der Waals surface area contributed by atoms with Crippen LogP contribution < -0.4 is 0 Å². The normalized spacial score (nSPS) is 57.0. The predicted octanol–water partition coefficient (Wildman–Crippen LogP) is 2.20. The van der Waals surface area contributed by atoms with E-state index in [0.29, 0.717) is 41.3 Å². The molecule has 72 valence electrons. The zero-order valence-corrected chi connectivity index (χ0v) is 8.10. The topological polar surface area (TPSA) is 17.1 Å². The van der Waals surface area contributed by atoms with Crippen molar-refractivity contribution in [2.75, 3.05) is 0 Å². The van der Waals surface area contributed by atoms with Crippen LogP contribution in [0.2, 0.25) is 0 Å². The van der Waals surface area contributed by atoms with Gasteiger partial charge < -0.3 is 0 Å². The van der Waals surface area contributed by atoms with E-state index in [1.165, 1.54) is 0 Å². The van der Waals surface area contributed by atoms with Crippen molar-refractivity contribution in [1.82, 2.24) is 0 Å². The zero-order chi connectivity index (χ0) is 9.28. The lowest BCUT2D eigenvalue weighted by atomic mass is 9.62. The molecule has 0 radical (unpaired) electrons. The summed E-state index contributed by atoms with van der Waals surface area (Å²) in [5, 5.41) is 0. The Morgan fingerprint density at radius 2 is 1.43 bits per heavy atom. The van der Waals surface area contributed by atoms with Crippen LogP contribution in [0.4, 0.5) is 0 Å². The van der Waals surface area contributed by atoms with Crippen LogP contribution in [0.1, 0.15) is 12.8 Å². The molecule has 1 heteroatoms. The maximum absolute atomic E-state index is 12.1. The van der Waals surface area contributed by atoms with E-state index in [1.807, 2.05) is 0 Å². The summed E-state index contributed by atoms with van der Waals surface area (Å²) in [5.74, 6) is 3.95. The first-order valence-corrected chi connectivity index (χ1v) is 5.75. The maximum Gasteiger partial charge on any atom is 0.140 e. The first kappa shape index (κ1) is 7.44. The summed E-state index contributed by atoms with van der Waals surface area (Å²) in [6, 6.07) is 0. The van der Waals surface area contributed by atoms with Crippen molar-refractivity contribution in [3.8, 4) is 0 Å². The molecule has 0 aromatic heterocycles. The molecule has 14 heavy (non-hydrogen) atoms. The van der Waals surface area contributed by atoms with Gasteiger partial charge in [0.15, 0.2) is 0 Å². The molecule has 0 N–H and O–H groups in total. The summed E-state index contributed by atoms with van der Waals surface area (Å²) >= 11 is 0. The minimum absolute atomic E-state index is 0.407. The third kappa shape index (κ3) is 0.617. The van der Waals surface area contributed by atoms with Crippen molar-refractivity contribution < 1.29 is 4.79 Å². The second kappa shape index (κ2) is 2.21. The highest BCUT2D eigenvalue weighted by Gasteiger charge is 2.62. The molecule has 2 fully saturated rings. The highest BCUT2D eigenvalue weighted by atomic mass is 16.1. The van der Waals surface area contributed by atoms with Gasteiger partial charge in [0, 0.05) is 11.8 Å². The monoisotopic (exact) mass is 186 g/mol. The van der Waals surface area contributed by atoms with E-state index in [2.05, 4.69) is 24.3 Å². The highest BCUT2D eigenvalue weighted by molar-refractivity contribution is 5.90. The fourth-order valence-corrected chi connectivity index (χ4v) is 4.53. The molecular weight excluding hydrogens is 172 g/mol. The average Bonchev–Trinajstić information content (AvgIpc) is 2.68. The Morgan fingerprint density at radius 3 is 1.93 bits per heavy atom. The molecule has 4 aliphatic rings. The van der Waals surface area contributed by atoms with Crippen LogP contribution in [0, 0.1) is 35.5 Å². The Morgan fingerprint density at radius 1 is 0.929 bits per heavy atom. The van der Waals surface area contributed by atoms with Gasteiger partial charge in [-0.1, -0.05) is 24.3 Å². The third-order valence-electron chi connectivity index (χ3n) is 4.94. The standard InChI is InChI=1S/C13H14O/c14-13-11-7-3-1-4-8(11)10-6-2-5-9(7)12(10)13/h1-3,5,7-12H,4,6H2/t7-,8+,9+,10-,11+,12-. The smallest absolute Gasteiger partial charge is 0.140 e. The van der Waals surface area contributed by atoms with Gasteiger partial charge in [-0.05, 0) is 36.5 Å². The summed E-state index contributed by atoms with van der Waals surface area (Å²) in [6.07, 6.45) is 11.6. The van der Waals surface area contributed by atoms with E-state index in [4.69, 9.17) is 0 Å². The molecule has 0 aromatic carbocycles. The second-order valence-corrected chi connectivity index (χ2v) is 5.26. The Kier molecular flexibility index (Phi) is 1.17. The molecule has 0 amide bonds. The van der Waals surface area contributed by atoms with Gasteiger partial charge in [-0.2, -0.15) is 0 Å². The number of ketones is 1. The summed E-state index contributed by atoms with van der Waals surface area (Å²) in [7, 11) is 0. The molecule has 4 aliphatic carbocycles. The highest BCUT2D eigenvalue weighted by Crippen LogP contribution is 2.62. The Balaban J connectivity index is 1.95. The number of hydrogen-bond donors (Lipinski definition) is 0. The number of carbonyl (C=O) groups is 1. The van der Waals surface area contributed by atoms with Gasteiger partial charge in [-0.25, -0.2) is 0 Å². The van der Waals surface area contributed by atoms with Crippen molar-refractivity contribution in [3.05, 3.63) is 24.3 Å². The van der Waals surface area contributed by atoms with Gasteiger partial charge in [0.05, 0.1) is 0 Å². The Bertz CT molecular complexity index is 331. The van der Waals surface area contributed by atoms with Crippen LogP contribution in [0.3, 0.4) is 0 Å². The SMILES string of the molecule is O=C1[C@@H]2[C@H]3C=CC[C@@H]2[C@@H]2CC=C[C@H]3[C@H]12. The number of carbonyl (C=O) groups excluding carboxylic acids is 1. The fraction of sp³-hybridized carbons (Fsp3) is 0.615. The minimum atomic E-state index is 0.407. The van der Waals surface area contributed by atoms with E-state index in [0.717, 1.165) is 12.8 Å². The van der Waals surface area contributed by atoms with Crippen LogP contribution in [-0.2, 0) is 4.79 Å². The number of allylic oxidation sites excluding steroid dienone is 4. The van der Waals surface area contributed by atoms with Crippen molar-refractivity contribution in [3.63, 3.8) is 0 Å². The van der Waals surface area contributed by atoms with E-state index >= 15 is 0 Å². The maximum atomic E-state index is 12.1. The number of hydrogen-bond acceptors (Lipinski definition) is 1. The van der Waals surface area contributed by atoms with Crippen LogP contribution >= 0.6 is 0 Å². The van der Waals surface area contributed by atoms with Gasteiger partial charge in [0.25, 0.3) is 0 Å². The molecule has 0 aliphatic heterocycles. The Hall–Kier alpha value is -0.850. The molecule has 6 atom stereocenters. The molecule has 0 heterocycles. The lowest BCUT2D eigenvalue weighted by molar-refractivity contribution is -0.122. The largest absolute Gasteiger partial charge is 0.299 e. The van der Waals surface area contributed by atoms with Crippen LogP contribution in [-0.4, -0.2) is 5.78 Å². The molecule has 2 saturated carbocycles. The van der Waals surface area contributed by atoms with Gasteiger partial charge in [0.1, 0.15) is 5.78 Å². The van der Waals surface area contributed by atoms with E-state index in [-0.39, 0.29) is 0 Å². The summed E-state index contributed by atoms with van der Waals surface area (Å²) < 4.78 is 0. The minimum Gasteiger partial charge on any atom is -0.299 e. The second-order valence-electron chi connectivity index (χ2n) is 5.26. The summed E-state index contributed by atoms with van der Waals surface area (Å²) in [5.41, 5.74) is 0. The molecule has 0 aromatic rings.